The van der Waals surface area contributed by atoms with Gasteiger partial charge >= 0.3 is 5.91 Å². The second-order valence-electron chi connectivity index (χ2n) is 3.56. The predicted molar refractivity (Wildman–Crippen MR) is 48.9 cm³/mol. The highest BCUT2D eigenvalue weighted by Gasteiger charge is 2.23. The fraction of sp³-hybridized carbons (Fsp3) is 0.778. The zero-order chi connectivity index (χ0) is 9.84. The van der Waals surface area contributed by atoms with Crippen LogP contribution in [0.3, 0.4) is 0 Å². The maximum Gasteiger partial charge on any atom is 0.324 e. The molecule has 0 aromatic rings. The van der Waals surface area contributed by atoms with Crippen molar-refractivity contribution in [2.24, 2.45) is 0 Å². The summed E-state index contributed by atoms with van der Waals surface area (Å²) in [4.78, 5) is 14.8. The molecule has 0 atom stereocenters. The molecule has 1 fully saturated rings. The number of nitriles is 1. The molecule has 1 amide bonds. The van der Waals surface area contributed by atoms with Gasteiger partial charge in [-0.2, -0.15) is 5.26 Å². The normalized spacial score (nSPS) is 19.5. The Kier molecular flexibility index (Phi) is 3.26. The molecular weight excluding hydrogens is 166 g/mol. The lowest BCUT2D eigenvalue weighted by Crippen LogP contribution is -2.44. The lowest BCUT2D eigenvalue weighted by Gasteiger charge is -2.33. The van der Waals surface area contributed by atoms with Gasteiger partial charge in [-0.15, -0.1) is 0 Å². The van der Waals surface area contributed by atoms with Gasteiger partial charge in [0.05, 0.1) is 0 Å². The van der Waals surface area contributed by atoms with E-state index < -0.39 is 5.91 Å². The van der Waals surface area contributed by atoms with E-state index in [2.05, 4.69) is 11.9 Å². The van der Waals surface area contributed by atoms with Gasteiger partial charge in [0.2, 0.25) is 0 Å². The van der Waals surface area contributed by atoms with Crippen LogP contribution in [0.1, 0.15) is 12.8 Å². The SMILES string of the molecule is CN1CCC(N(C)C(=O)C#N)CC1. The summed E-state index contributed by atoms with van der Waals surface area (Å²) in [5.74, 6) is -0.422. The highest BCUT2D eigenvalue weighted by Crippen LogP contribution is 2.13. The molecule has 0 aromatic heterocycles. The number of carbonyl (C=O) groups excluding carboxylic acids is 1. The van der Waals surface area contributed by atoms with Crippen molar-refractivity contribution < 1.29 is 4.79 Å². The van der Waals surface area contributed by atoms with Gasteiger partial charge in [-0.3, -0.25) is 4.79 Å². The summed E-state index contributed by atoms with van der Waals surface area (Å²) in [6.45, 7) is 2.02. The van der Waals surface area contributed by atoms with Gasteiger partial charge in [-0.1, -0.05) is 0 Å². The van der Waals surface area contributed by atoms with Crippen molar-refractivity contribution in [3.63, 3.8) is 0 Å². The molecule has 0 spiro atoms. The van der Waals surface area contributed by atoms with Crippen molar-refractivity contribution in [3.05, 3.63) is 0 Å². The molecule has 0 aromatic carbocycles. The maximum absolute atomic E-state index is 11.0. The Bertz CT molecular complexity index is 226. The number of amides is 1. The van der Waals surface area contributed by atoms with Gasteiger partial charge in [0.25, 0.3) is 0 Å². The van der Waals surface area contributed by atoms with E-state index in [9.17, 15) is 4.79 Å². The minimum Gasteiger partial charge on any atom is -0.330 e. The van der Waals surface area contributed by atoms with Gasteiger partial charge in [-0.05, 0) is 33.0 Å². The van der Waals surface area contributed by atoms with Crippen LogP contribution in [0.4, 0.5) is 0 Å². The lowest BCUT2D eigenvalue weighted by molar-refractivity contribution is -0.126. The quantitative estimate of drug-likeness (QED) is 0.537. The zero-order valence-electron chi connectivity index (χ0n) is 8.16. The van der Waals surface area contributed by atoms with Gasteiger partial charge in [0.15, 0.2) is 6.07 Å². The minimum absolute atomic E-state index is 0.253. The Labute approximate surface area is 78.7 Å². The van der Waals surface area contributed by atoms with Crippen molar-refractivity contribution >= 4 is 5.91 Å². The van der Waals surface area contributed by atoms with Crippen LogP contribution in [-0.4, -0.2) is 48.9 Å². The molecule has 4 heteroatoms. The molecule has 4 nitrogen and oxygen atoms in total. The van der Waals surface area contributed by atoms with Crippen LogP contribution in [-0.2, 0) is 4.79 Å². The molecular formula is C9H15N3O. The third-order valence-corrected chi connectivity index (χ3v) is 2.65. The van der Waals surface area contributed by atoms with E-state index >= 15 is 0 Å². The Hall–Kier alpha value is -1.08. The van der Waals surface area contributed by atoms with Crippen LogP contribution in [0.2, 0.25) is 0 Å². The summed E-state index contributed by atoms with van der Waals surface area (Å²) in [6.07, 6.45) is 1.95. The zero-order valence-corrected chi connectivity index (χ0v) is 8.16. The van der Waals surface area contributed by atoms with E-state index in [1.807, 2.05) is 0 Å². The maximum atomic E-state index is 11.0. The summed E-state index contributed by atoms with van der Waals surface area (Å²) in [5.41, 5.74) is 0. The number of piperidine rings is 1. The van der Waals surface area contributed by atoms with Crippen molar-refractivity contribution in [3.8, 4) is 6.07 Å². The van der Waals surface area contributed by atoms with E-state index in [1.165, 1.54) is 0 Å². The molecule has 72 valence electrons. The molecule has 13 heavy (non-hydrogen) atoms. The van der Waals surface area contributed by atoms with Gasteiger partial charge in [0.1, 0.15) is 0 Å². The van der Waals surface area contributed by atoms with E-state index in [4.69, 9.17) is 5.26 Å². The second kappa shape index (κ2) is 4.24. The largest absolute Gasteiger partial charge is 0.330 e. The van der Waals surface area contributed by atoms with Crippen molar-refractivity contribution in [1.29, 1.82) is 5.26 Å². The summed E-state index contributed by atoms with van der Waals surface area (Å²) in [7, 11) is 3.78. The molecule has 1 rings (SSSR count). The number of hydrogen-bond acceptors (Lipinski definition) is 3. The van der Waals surface area contributed by atoms with E-state index in [0.29, 0.717) is 0 Å². The van der Waals surface area contributed by atoms with E-state index in [0.717, 1.165) is 25.9 Å². The molecule has 1 aliphatic heterocycles. The average Bonchev–Trinajstić information content (AvgIpc) is 2.17. The third-order valence-electron chi connectivity index (χ3n) is 2.65. The van der Waals surface area contributed by atoms with Gasteiger partial charge < -0.3 is 9.80 Å². The molecule has 1 heterocycles. The average molecular weight is 181 g/mol. The standard InChI is InChI=1S/C9H15N3O/c1-11-5-3-8(4-6-11)12(2)9(13)7-10/h8H,3-6H2,1-2H3. The van der Waals surface area contributed by atoms with Crippen molar-refractivity contribution in [2.75, 3.05) is 27.2 Å². The molecule has 1 aliphatic rings. The highest BCUT2D eigenvalue weighted by atomic mass is 16.2. The molecule has 1 saturated heterocycles. The Morgan fingerprint density at radius 3 is 2.54 bits per heavy atom. The number of rotatable bonds is 1. The summed E-state index contributed by atoms with van der Waals surface area (Å²) < 4.78 is 0. The topological polar surface area (TPSA) is 47.3 Å². The van der Waals surface area contributed by atoms with Crippen LogP contribution < -0.4 is 0 Å². The van der Waals surface area contributed by atoms with Crippen LogP contribution in [0, 0.1) is 11.3 Å². The molecule has 0 radical (unpaired) electrons. The molecule has 0 saturated carbocycles. The summed E-state index contributed by atoms with van der Waals surface area (Å²) in [5, 5.41) is 8.44. The van der Waals surface area contributed by atoms with E-state index in [1.54, 1.807) is 18.0 Å². The first-order valence-corrected chi connectivity index (χ1v) is 4.50. The molecule has 0 aliphatic carbocycles. The minimum atomic E-state index is -0.422. The predicted octanol–water partition coefficient (Wildman–Crippen LogP) is 0.0626. The number of carbonyl (C=O) groups is 1. The summed E-state index contributed by atoms with van der Waals surface area (Å²) >= 11 is 0. The van der Waals surface area contributed by atoms with Crippen LogP contribution in [0.5, 0.6) is 0 Å². The van der Waals surface area contributed by atoms with E-state index in [-0.39, 0.29) is 6.04 Å². The monoisotopic (exact) mass is 181 g/mol. The van der Waals surface area contributed by atoms with Crippen LogP contribution >= 0.6 is 0 Å². The first-order chi connectivity index (χ1) is 6.15. The molecule has 0 bridgehead atoms. The number of likely N-dealkylation sites (tertiary alicyclic amines) is 1. The lowest BCUT2D eigenvalue weighted by atomic mass is 10.0. The first kappa shape index (κ1) is 10.0. The van der Waals surface area contributed by atoms with Gasteiger partial charge in [0, 0.05) is 13.1 Å². The van der Waals surface area contributed by atoms with Gasteiger partial charge in [-0.25, -0.2) is 0 Å². The van der Waals surface area contributed by atoms with Crippen molar-refractivity contribution in [2.45, 2.75) is 18.9 Å². The number of nitrogens with zero attached hydrogens (tertiary/aromatic N) is 3. The Balaban J connectivity index is 2.45. The third kappa shape index (κ3) is 2.43. The second-order valence-corrected chi connectivity index (χ2v) is 3.56. The van der Waals surface area contributed by atoms with Crippen molar-refractivity contribution in [1.82, 2.24) is 9.80 Å². The molecule has 0 unspecified atom stereocenters. The fourth-order valence-electron chi connectivity index (χ4n) is 1.63. The molecule has 0 N–H and O–H groups in total. The highest BCUT2D eigenvalue weighted by molar-refractivity contribution is 5.91. The number of hydrogen-bond donors (Lipinski definition) is 0. The first-order valence-electron chi connectivity index (χ1n) is 4.50. The van der Waals surface area contributed by atoms with Crippen LogP contribution in [0.15, 0.2) is 0 Å². The van der Waals surface area contributed by atoms with Crippen LogP contribution in [0.25, 0.3) is 0 Å². The Morgan fingerprint density at radius 2 is 2.08 bits per heavy atom. The fourth-order valence-corrected chi connectivity index (χ4v) is 1.63. The smallest absolute Gasteiger partial charge is 0.324 e. The summed E-state index contributed by atoms with van der Waals surface area (Å²) in [6, 6.07) is 1.90. The Morgan fingerprint density at radius 1 is 1.54 bits per heavy atom.